The molecule has 3 rings (SSSR count). The highest BCUT2D eigenvalue weighted by Gasteiger charge is 2.30. The lowest BCUT2D eigenvalue weighted by atomic mass is 10.1. The maximum atomic E-state index is 5.56. The Hall–Kier alpha value is -0.980. The predicted molar refractivity (Wildman–Crippen MR) is 69.9 cm³/mol. The minimum atomic E-state index is 0.222. The van der Waals surface area contributed by atoms with Crippen LogP contribution in [0.1, 0.15) is 43.9 Å². The number of hydrogen-bond acceptors (Lipinski definition) is 6. The highest BCUT2D eigenvalue weighted by Crippen LogP contribution is 2.29. The van der Waals surface area contributed by atoms with Crippen molar-refractivity contribution in [3.8, 4) is 0 Å². The van der Waals surface area contributed by atoms with Gasteiger partial charge in [-0.25, -0.2) is 0 Å². The third-order valence-corrected chi connectivity index (χ3v) is 4.08. The van der Waals surface area contributed by atoms with E-state index in [-0.39, 0.29) is 12.0 Å². The zero-order valence-electron chi connectivity index (χ0n) is 11.6. The van der Waals surface area contributed by atoms with Crippen LogP contribution in [0.2, 0.25) is 0 Å². The average Bonchev–Trinajstić information content (AvgIpc) is 3.07. The summed E-state index contributed by atoms with van der Waals surface area (Å²) in [5.41, 5.74) is 0. The van der Waals surface area contributed by atoms with Crippen LogP contribution in [0.25, 0.3) is 0 Å². The number of nitrogens with zero attached hydrogens (tertiary/aromatic N) is 3. The fourth-order valence-corrected chi connectivity index (χ4v) is 2.80. The molecule has 0 aliphatic carbocycles. The molecule has 1 aromatic rings. The van der Waals surface area contributed by atoms with Crippen molar-refractivity contribution in [2.75, 3.05) is 32.8 Å². The Morgan fingerprint density at radius 1 is 1.37 bits per heavy atom. The van der Waals surface area contributed by atoms with Crippen molar-refractivity contribution in [1.82, 2.24) is 20.4 Å². The highest BCUT2D eigenvalue weighted by atomic mass is 16.5. The monoisotopic (exact) mass is 266 g/mol. The SMILES string of the molecule is CC1CC(c2nc(C(C)N3CCNCC3)no2)CO1. The minimum Gasteiger partial charge on any atom is -0.378 e. The summed E-state index contributed by atoms with van der Waals surface area (Å²) < 4.78 is 11.0. The second-order valence-corrected chi connectivity index (χ2v) is 5.53. The van der Waals surface area contributed by atoms with Crippen molar-refractivity contribution in [3.63, 3.8) is 0 Å². The highest BCUT2D eigenvalue weighted by molar-refractivity contribution is 5.00. The van der Waals surface area contributed by atoms with Crippen LogP contribution in [0.3, 0.4) is 0 Å². The molecule has 0 amide bonds. The van der Waals surface area contributed by atoms with Gasteiger partial charge >= 0.3 is 0 Å². The molecule has 0 bridgehead atoms. The second-order valence-electron chi connectivity index (χ2n) is 5.53. The van der Waals surface area contributed by atoms with Gasteiger partial charge in [0.05, 0.1) is 24.7 Å². The smallest absolute Gasteiger partial charge is 0.232 e. The number of piperazine rings is 1. The van der Waals surface area contributed by atoms with E-state index >= 15 is 0 Å². The van der Waals surface area contributed by atoms with Gasteiger partial charge in [0.15, 0.2) is 5.82 Å². The van der Waals surface area contributed by atoms with Gasteiger partial charge in [-0.15, -0.1) is 0 Å². The Balaban J connectivity index is 1.66. The molecule has 106 valence electrons. The van der Waals surface area contributed by atoms with Crippen molar-refractivity contribution in [3.05, 3.63) is 11.7 Å². The molecule has 6 nitrogen and oxygen atoms in total. The number of hydrogen-bond donors (Lipinski definition) is 1. The van der Waals surface area contributed by atoms with Gasteiger partial charge in [0.1, 0.15) is 0 Å². The standard InChI is InChI=1S/C13H22N4O2/c1-9-7-11(8-18-9)13-15-12(16-19-13)10(2)17-5-3-14-4-6-17/h9-11,14H,3-8H2,1-2H3. The molecule has 2 fully saturated rings. The Labute approximate surface area is 113 Å². The molecule has 1 aromatic heterocycles. The van der Waals surface area contributed by atoms with Crippen molar-refractivity contribution < 1.29 is 9.26 Å². The lowest BCUT2D eigenvalue weighted by Crippen LogP contribution is -2.44. The maximum Gasteiger partial charge on any atom is 0.232 e. The molecule has 0 aromatic carbocycles. The molecule has 0 saturated carbocycles. The van der Waals surface area contributed by atoms with Crippen molar-refractivity contribution >= 4 is 0 Å². The third-order valence-electron chi connectivity index (χ3n) is 4.08. The quantitative estimate of drug-likeness (QED) is 0.878. The van der Waals surface area contributed by atoms with Gasteiger partial charge in [-0.05, 0) is 20.3 Å². The molecule has 3 unspecified atom stereocenters. The van der Waals surface area contributed by atoms with Crippen molar-refractivity contribution in [2.45, 2.75) is 38.3 Å². The summed E-state index contributed by atoms with van der Waals surface area (Å²) in [5.74, 6) is 1.81. The van der Waals surface area contributed by atoms with Gasteiger partial charge in [0.2, 0.25) is 5.89 Å². The third kappa shape index (κ3) is 2.80. The summed E-state index contributed by atoms with van der Waals surface area (Å²) in [6.07, 6.45) is 1.27. The Kier molecular flexibility index (Phi) is 3.81. The van der Waals surface area contributed by atoms with Crippen LogP contribution >= 0.6 is 0 Å². The van der Waals surface area contributed by atoms with Crippen LogP contribution in [-0.4, -0.2) is 53.9 Å². The van der Waals surface area contributed by atoms with Crippen LogP contribution in [0.5, 0.6) is 0 Å². The number of nitrogens with one attached hydrogen (secondary N) is 1. The van der Waals surface area contributed by atoms with E-state index in [1.165, 1.54) is 0 Å². The normalized spacial score (nSPS) is 30.6. The summed E-state index contributed by atoms with van der Waals surface area (Å²) in [6, 6.07) is 0.222. The summed E-state index contributed by atoms with van der Waals surface area (Å²) in [6.45, 7) is 9.06. The maximum absolute atomic E-state index is 5.56. The van der Waals surface area contributed by atoms with E-state index < -0.39 is 0 Å². The molecule has 1 N–H and O–H groups in total. The second kappa shape index (κ2) is 5.56. The van der Waals surface area contributed by atoms with E-state index in [9.17, 15) is 0 Å². The molecule has 3 heterocycles. The largest absolute Gasteiger partial charge is 0.378 e. The molecule has 3 atom stereocenters. The minimum absolute atomic E-state index is 0.222. The molecule has 0 spiro atoms. The first-order chi connectivity index (χ1) is 9.24. The average molecular weight is 266 g/mol. The van der Waals surface area contributed by atoms with Crippen LogP contribution in [0.15, 0.2) is 4.52 Å². The zero-order valence-corrected chi connectivity index (χ0v) is 11.6. The summed E-state index contributed by atoms with van der Waals surface area (Å²) >= 11 is 0. The number of aromatic nitrogens is 2. The lowest BCUT2D eigenvalue weighted by Gasteiger charge is -2.30. The van der Waals surface area contributed by atoms with E-state index in [2.05, 4.69) is 34.2 Å². The first-order valence-corrected chi connectivity index (χ1v) is 7.14. The van der Waals surface area contributed by atoms with E-state index in [1.54, 1.807) is 0 Å². The summed E-state index contributed by atoms with van der Waals surface area (Å²) in [4.78, 5) is 6.97. The van der Waals surface area contributed by atoms with E-state index in [4.69, 9.17) is 9.26 Å². The van der Waals surface area contributed by atoms with E-state index in [0.717, 1.165) is 44.3 Å². The first-order valence-electron chi connectivity index (χ1n) is 7.14. The molecular formula is C13H22N4O2. The van der Waals surface area contributed by atoms with E-state index in [1.807, 2.05) is 0 Å². The van der Waals surface area contributed by atoms with Crippen LogP contribution in [0, 0.1) is 0 Å². The molecule has 6 heteroatoms. The van der Waals surface area contributed by atoms with Gasteiger partial charge < -0.3 is 14.6 Å². The van der Waals surface area contributed by atoms with Crippen LogP contribution < -0.4 is 5.32 Å². The van der Waals surface area contributed by atoms with Crippen LogP contribution in [0.4, 0.5) is 0 Å². The van der Waals surface area contributed by atoms with Crippen LogP contribution in [-0.2, 0) is 4.74 Å². The van der Waals surface area contributed by atoms with Crippen molar-refractivity contribution in [2.24, 2.45) is 0 Å². The van der Waals surface area contributed by atoms with E-state index in [0.29, 0.717) is 12.7 Å². The number of ether oxygens (including phenoxy) is 1. The molecule has 0 radical (unpaired) electrons. The zero-order chi connectivity index (χ0) is 13.2. The lowest BCUT2D eigenvalue weighted by molar-refractivity contribution is 0.122. The van der Waals surface area contributed by atoms with Gasteiger partial charge in [0, 0.05) is 26.2 Å². The summed E-state index contributed by atoms with van der Waals surface area (Å²) in [7, 11) is 0. The Morgan fingerprint density at radius 2 is 2.16 bits per heavy atom. The van der Waals surface area contributed by atoms with Gasteiger partial charge in [-0.1, -0.05) is 5.16 Å². The molecular weight excluding hydrogens is 244 g/mol. The van der Waals surface area contributed by atoms with Crippen molar-refractivity contribution in [1.29, 1.82) is 0 Å². The predicted octanol–water partition coefficient (Wildman–Crippen LogP) is 0.928. The fourth-order valence-electron chi connectivity index (χ4n) is 2.80. The summed E-state index contributed by atoms with van der Waals surface area (Å²) in [5, 5.41) is 7.51. The van der Waals surface area contributed by atoms with Gasteiger partial charge in [0.25, 0.3) is 0 Å². The topological polar surface area (TPSA) is 63.4 Å². The van der Waals surface area contributed by atoms with Gasteiger partial charge in [-0.2, -0.15) is 4.98 Å². The van der Waals surface area contributed by atoms with Gasteiger partial charge in [-0.3, -0.25) is 4.90 Å². The molecule has 2 aliphatic heterocycles. The fraction of sp³-hybridized carbons (Fsp3) is 0.846. The molecule has 2 aliphatic rings. The molecule has 19 heavy (non-hydrogen) atoms. The Morgan fingerprint density at radius 3 is 2.84 bits per heavy atom. The Bertz CT molecular complexity index is 417. The first kappa shape index (κ1) is 13.0. The molecule has 2 saturated heterocycles. The number of rotatable bonds is 3.